The fourth-order valence-electron chi connectivity index (χ4n) is 3.21. The van der Waals surface area contributed by atoms with E-state index in [4.69, 9.17) is 4.74 Å². The second-order valence-corrected chi connectivity index (χ2v) is 9.84. The molecule has 2 N–H and O–H groups in total. The summed E-state index contributed by atoms with van der Waals surface area (Å²) in [6, 6.07) is 10.2. The number of carbonyl (C=O) groups excluding carboxylic acids is 1. The van der Waals surface area contributed by atoms with Gasteiger partial charge in [0.15, 0.2) is 11.5 Å². The number of nitrogens with zero attached hydrogens (tertiary/aromatic N) is 1. The lowest BCUT2D eigenvalue weighted by Gasteiger charge is -2.19. The highest BCUT2D eigenvalue weighted by molar-refractivity contribution is 9.13. The van der Waals surface area contributed by atoms with Crippen LogP contribution < -0.4 is 10.2 Å². The Kier molecular flexibility index (Phi) is 6.39. The molecule has 5 nitrogen and oxygen atoms in total. The molecule has 0 radical (unpaired) electrons. The zero-order valence-electron chi connectivity index (χ0n) is 16.8. The van der Waals surface area contributed by atoms with Crippen LogP contribution in [0, 0.1) is 5.92 Å². The van der Waals surface area contributed by atoms with E-state index in [0.29, 0.717) is 20.3 Å². The number of phenolic OH excluding ortho intramolecular Hbond substituents is 1. The van der Waals surface area contributed by atoms with Crippen molar-refractivity contribution in [1.82, 2.24) is 5.43 Å². The van der Waals surface area contributed by atoms with E-state index in [1.807, 2.05) is 0 Å². The lowest BCUT2D eigenvalue weighted by atomic mass is 9.86. The van der Waals surface area contributed by atoms with Gasteiger partial charge >= 0.3 is 0 Å². The van der Waals surface area contributed by atoms with E-state index in [1.165, 1.54) is 24.5 Å². The van der Waals surface area contributed by atoms with Crippen LogP contribution in [0.25, 0.3) is 0 Å². The van der Waals surface area contributed by atoms with Gasteiger partial charge in [-0.2, -0.15) is 5.10 Å². The smallest absolute Gasteiger partial charge is 0.243 e. The standard InChI is InChI=1S/C22H24Br2N2O3/c1-22(2,3)13-7-5-12(6-8-13)14-9-15(14)21(28)26-25-11-16-19(24)17(23)10-18(29-4)20(16)27/h5-8,10-11,14-15,27H,9H2,1-4H3,(H,26,28)/b25-11-/t14-,15-/m0/s1. The molecule has 1 aliphatic rings. The predicted molar refractivity (Wildman–Crippen MR) is 122 cm³/mol. The second kappa shape index (κ2) is 8.48. The fourth-order valence-corrected chi connectivity index (χ4v) is 4.04. The average Bonchev–Trinajstić information content (AvgIpc) is 3.47. The van der Waals surface area contributed by atoms with Crippen LogP contribution in [-0.4, -0.2) is 24.3 Å². The first kappa shape index (κ1) is 21.8. The van der Waals surface area contributed by atoms with Crippen LogP contribution in [0.15, 0.2) is 44.4 Å². The van der Waals surface area contributed by atoms with Crippen molar-refractivity contribution >= 4 is 44.0 Å². The van der Waals surface area contributed by atoms with E-state index in [1.54, 1.807) is 6.07 Å². The maximum Gasteiger partial charge on any atom is 0.243 e. The van der Waals surface area contributed by atoms with Gasteiger partial charge in [-0.1, -0.05) is 45.0 Å². The molecule has 2 atom stereocenters. The van der Waals surface area contributed by atoms with Crippen molar-refractivity contribution in [2.45, 2.75) is 38.5 Å². The lowest BCUT2D eigenvalue weighted by Crippen LogP contribution is -2.20. The van der Waals surface area contributed by atoms with Crippen molar-refractivity contribution in [2.75, 3.05) is 7.11 Å². The number of phenols is 1. The molecule has 3 rings (SSSR count). The molecule has 1 amide bonds. The van der Waals surface area contributed by atoms with E-state index in [-0.39, 0.29) is 28.9 Å². The lowest BCUT2D eigenvalue weighted by molar-refractivity contribution is -0.122. The largest absolute Gasteiger partial charge is 0.504 e. The summed E-state index contributed by atoms with van der Waals surface area (Å²) in [6.45, 7) is 6.55. The van der Waals surface area contributed by atoms with Crippen LogP contribution in [0.4, 0.5) is 0 Å². The van der Waals surface area contributed by atoms with Gasteiger partial charge in [-0.05, 0) is 66.8 Å². The third-order valence-corrected chi connectivity index (χ3v) is 7.12. The predicted octanol–water partition coefficient (Wildman–Crippen LogP) is 5.48. The van der Waals surface area contributed by atoms with Crippen LogP contribution in [0.1, 0.15) is 49.8 Å². The van der Waals surface area contributed by atoms with Crippen molar-refractivity contribution in [3.8, 4) is 11.5 Å². The number of rotatable bonds is 5. The first-order valence-electron chi connectivity index (χ1n) is 9.31. The second-order valence-electron chi connectivity index (χ2n) is 8.19. The van der Waals surface area contributed by atoms with Crippen LogP contribution in [-0.2, 0) is 10.2 Å². The van der Waals surface area contributed by atoms with Crippen LogP contribution in [0.5, 0.6) is 11.5 Å². The highest BCUT2D eigenvalue weighted by atomic mass is 79.9. The van der Waals surface area contributed by atoms with E-state index >= 15 is 0 Å². The Morgan fingerprint density at radius 2 is 1.93 bits per heavy atom. The van der Waals surface area contributed by atoms with Crippen molar-refractivity contribution in [3.05, 3.63) is 56.0 Å². The van der Waals surface area contributed by atoms with Crippen LogP contribution in [0.2, 0.25) is 0 Å². The summed E-state index contributed by atoms with van der Waals surface area (Å²) in [5, 5.41) is 14.3. The summed E-state index contributed by atoms with van der Waals surface area (Å²) >= 11 is 6.79. The normalized spacial score (nSPS) is 18.7. The van der Waals surface area contributed by atoms with Gasteiger partial charge in [0, 0.05) is 14.9 Å². The molecular formula is C22H24Br2N2O3. The number of hydrogen-bond acceptors (Lipinski definition) is 4. The SMILES string of the molecule is COc1cc(Br)c(Br)c(/C=N\NC(=O)[C@H]2C[C@H]2c2ccc(C(C)(C)C)cc2)c1O. The fraction of sp³-hybridized carbons (Fsp3) is 0.364. The van der Waals surface area contributed by atoms with Gasteiger partial charge in [0.05, 0.1) is 18.9 Å². The van der Waals surface area contributed by atoms with E-state index in [2.05, 4.69) is 87.4 Å². The minimum absolute atomic E-state index is 0.0520. The number of benzene rings is 2. The molecule has 2 aromatic rings. The van der Waals surface area contributed by atoms with Crippen molar-refractivity contribution < 1.29 is 14.6 Å². The number of aromatic hydroxyl groups is 1. The van der Waals surface area contributed by atoms with Crippen molar-refractivity contribution in [2.24, 2.45) is 11.0 Å². The third kappa shape index (κ3) is 4.83. The number of halogens is 2. The highest BCUT2D eigenvalue weighted by Crippen LogP contribution is 2.47. The summed E-state index contributed by atoms with van der Waals surface area (Å²) in [5.74, 6) is 0.286. The molecule has 0 heterocycles. The Morgan fingerprint density at radius 3 is 2.52 bits per heavy atom. The Bertz CT molecular complexity index is 950. The summed E-state index contributed by atoms with van der Waals surface area (Å²) in [7, 11) is 1.47. The molecule has 1 saturated carbocycles. The number of hydrazone groups is 1. The molecule has 0 saturated heterocycles. The topological polar surface area (TPSA) is 70.9 Å². The molecule has 2 aromatic carbocycles. The van der Waals surface area contributed by atoms with Crippen LogP contribution in [0.3, 0.4) is 0 Å². The van der Waals surface area contributed by atoms with Gasteiger partial charge in [0.1, 0.15) is 0 Å². The summed E-state index contributed by atoms with van der Waals surface area (Å²) < 4.78 is 6.47. The summed E-state index contributed by atoms with van der Waals surface area (Å²) in [4.78, 5) is 12.4. The van der Waals surface area contributed by atoms with Gasteiger partial charge in [-0.25, -0.2) is 5.43 Å². The number of amides is 1. The third-order valence-electron chi connectivity index (χ3n) is 5.11. The average molecular weight is 524 g/mol. The van der Waals surface area contributed by atoms with E-state index in [9.17, 15) is 9.90 Å². The van der Waals surface area contributed by atoms with E-state index < -0.39 is 0 Å². The minimum Gasteiger partial charge on any atom is -0.504 e. The molecule has 154 valence electrons. The number of carbonyl (C=O) groups is 1. The Labute approximate surface area is 187 Å². The summed E-state index contributed by atoms with van der Waals surface area (Å²) in [5.41, 5.74) is 5.57. The monoisotopic (exact) mass is 522 g/mol. The molecule has 0 unspecified atom stereocenters. The number of nitrogens with one attached hydrogen (secondary N) is 1. The quantitative estimate of drug-likeness (QED) is 0.403. The zero-order chi connectivity index (χ0) is 21.3. The van der Waals surface area contributed by atoms with E-state index in [0.717, 1.165) is 6.42 Å². The molecular weight excluding hydrogens is 500 g/mol. The molecule has 0 aliphatic heterocycles. The van der Waals surface area contributed by atoms with Gasteiger partial charge in [0.25, 0.3) is 0 Å². The molecule has 1 fully saturated rings. The van der Waals surface area contributed by atoms with Gasteiger partial charge in [-0.15, -0.1) is 0 Å². The highest BCUT2D eigenvalue weighted by Gasteiger charge is 2.44. The maximum atomic E-state index is 12.4. The van der Waals surface area contributed by atoms with Crippen molar-refractivity contribution in [3.63, 3.8) is 0 Å². The molecule has 29 heavy (non-hydrogen) atoms. The Hall–Kier alpha value is -1.86. The van der Waals surface area contributed by atoms with Gasteiger partial charge in [-0.3, -0.25) is 4.79 Å². The van der Waals surface area contributed by atoms with Gasteiger partial charge in [0.2, 0.25) is 5.91 Å². The molecule has 0 aromatic heterocycles. The van der Waals surface area contributed by atoms with Crippen LogP contribution >= 0.6 is 31.9 Å². The molecule has 1 aliphatic carbocycles. The Balaban J connectivity index is 1.64. The molecule has 0 bridgehead atoms. The number of hydrogen-bond donors (Lipinski definition) is 2. The Morgan fingerprint density at radius 1 is 1.28 bits per heavy atom. The zero-order valence-corrected chi connectivity index (χ0v) is 20.0. The minimum atomic E-state index is -0.122. The van der Waals surface area contributed by atoms with Gasteiger partial charge < -0.3 is 9.84 Å². The number of methoxy groups -OCH3 is 1. The first-order chi connectivity index (χ1) is 13.6. The molecule has 0 spiro atoms. The first-order valence-corrected chi connectivity index (χ1v) is 10.9. The molecule has 7 heteroatoms. The summed E-state index contributed by atoms with van der Waals surface area (Å²) in [6.07, 6.45) is 2.22. The number of ether oxygens (including phenoxy) is 1. The van der Waals surface area contributed by atoms with Crippen molar-refractivity contribution in [1.29, 1.82) is 0 Å². The maximum absolute atomic E-state index is 12.4.